The smallest absolute Gasteiger partial charge is 0.322 e. The first-order chi connectivity index (χ1) is 9.93. The van der Waals surface area contributed by atoms with Crippen LogP contribution < -0.4 is 11.1 Å². The Bertz CT molecular complexity index is 609. The van der Waals surface area contributed by atoms with E-state index in [1.807, 2.05) is 13.8 Å². The van der Waals surface area contributed by atoms with Crippen LogP contribution in [0.3, 0.4) is 0 Å². The average molecular weight is 306 g/mol. The predicted octanol–water partition coefficient (Wildman–Crippen LogP) is 1.97. The van der Waals surface area contributed by atoms with Crippen LogP contribution in [0, 0.1) is 31.1 Å². The van der Waals surface area contributed by atoms with E-state index < -0.39 is 0 Å². The Morgan fingerprint density at radius 3 is 2.52 bits per heavy atom. The molecular weight excluding hydrogens is 288 g/mol. The molecule has 112 valence electrons. The van der Waals surface area contributed by atoms with Crippen LogP contribution >= 0.6 is 11.3 Å². The van der Waals surface area contributed by atoms with E-state index in [2.05, 4.69) is 11.4 Å². The summed E-state index contributed by atoms with van der Waals surface area (Å²) in [7, 11) is 0. The predicted molar refractivity (Wildman–Crippen MR) is 81.0 cm³/mol. The number of carbonyl (C=O) groups excluding carboxylic acids is 2. The number of hydrogen-bond acceptors (Lipinski definition) is 4. The van der Waals surface area contributed by atoms with Gasteiger partial charge in [-0.15, -0.1) is 11.3 Å². The summed E-state index contributed by atoms with van der Waals surface area (Å²) in [6.07, 6.45) is 1.19. The lowest BCUT2D eigenvalue weighted by Gasteiger charge is -2.30. The average Bonchev–Trinajstić information content (AvgIpc) is 2.73. The molecule has 0 spiro atoms. The van der Waals surface area contributed by atoms with Gasteiger partial charge in [0.05, 0.1) is 5.56 Å². The summed E-state index contributed by atoms with van der Waals surface area (Å²) in [5.74, 6) is -0.443. The van der Waals surface area contributed by atoms with Gasteiger partial charge >= 0.3 is 6.03 Å². The van der Waals surface area contributed by atoms with E-state index in [1.54, 1.807) is 4.90 Å². The Morgan fingerprint density at radius 2 is 2.00 bits per heavy atom. The molecule has 1 saturated heterocycles. The van der Waals surface area contributed by atoms with Crippen molar-refractivity contribution in [1.82, 2.24) is 4.90 Å². The van der Waals surface area contributed by atoms with Crippen molar-refractivity contribution >= 4 is 28.3 Å². The van der Waals surface area contributed by atoms with Crippen molar-refractivity contribution in [3.8, 4) is 6.07 Å². The second-order valence-corrected chi connectivity index (χ2v) is 6.42. The third kappa shape index (κ3) is 3.16. The molecule has 0 atom stereocenters. The number of primary amides is 1. The zero-order valence-electron chi connectivity index (χ0n) is 12.1. The minimum Gasteiger partial charge on any atom is -0.369 e. The third-order valence-corrected chi connectivity index (χ3v) is 5.02. The molecule has 1 aromatic rings. The van der Waals surface area contributed by atoms with Gasteiger partial charge < -0.3 is 10.6 Å². The molecule has 1 aliphatic rings. The van der Waals surface area contributed by atoms with Gasteiger partial charge in [0.2, 0.25) is 5.91 Å². The maximum absolute atomic E-state index is 12.2. The number of nitriles is 1. The maximum Gasteiger partial charge on any atom is 0.322 e. The standard InChI is InChI=1S/C14H18N4O2S/c1-8-9(2)21-13(11(8)7-15)17-14(20)18-5-3-10(4-6-18)12(16)19/h10H,3-6H2,1-2H3,(H2,16,19)(H,17,20). The van der Waals surface area contributed by atoms with Crippen LogP contribution in [-0.4, -0.2) is 29.9 Å². The minimum absolute atomic E-state index is 0.144. The van der Waals surface area contributed by atoms with Crippen LogP contribution in [0.4, 0.5) is 9.80 Å². The Morgan fingerprint density at radius 1 is 1.38 bits per heavy atom. The fraction of sp³-hybridized carbons (Fsp3) is 0.500. The number of anilines is 1. The highest BCUT2D eigenvalue weighted by atomic mass is 32.1. The molecule has 21 heavy (non-hydrogen) atoms. The maximum atomic E-state index is 12.2. The molecule has 2 heterocycles. The van der Waals surface area contributed by atoms with Crippen molar-refractivity contribution < 1.29 is 9.59 Å². The molecule has 3 N–H and O–H groups in total. The van der Waals surface area contributed by atoms with Crippen molar-refractivity contribution in [2.75, 3.05) is 18.4 Å². The Balaban J connectivity index is 2.02. The number of amides is 3. The van der Waals surface area contributed by atoms with Crippen molar-refractivity contribution in [3.63, 3.8) is 0 Å². The van der Waals surface area contributed by atoms with Crippen LogP contribution in [0.1, 0.15) is 28.8 Å². The Kier molecular flexibility index (Phi) is 4.48. The Labute approximate surface area is 127 Å². The van der Waals surface area contributed by atoms with Gasteiger partial charge in [-0.1, -0.05) is 0 Å². The van der Waals surface area contributed by atoms with Crippen LogP contribution in [0.5, 0.6) is 0 Å². The molecule has 1 fully saturated rings. The van der Waals surface area contributed by atoms with Gasteiger partial charge in [-0.05, 0) is 32.3 Å². The number of hydrogen-bond donors (Lipinski definition) is 2. The minimum atomic E-state index is -0.300. The van der Waals surface area contributed by atoms with Gasteiger partial charge in [0.1, 0.15) is 11.1 Å². The summed E-state index contributed by atoms with van der Waals surface area (Å²) in [4.78, 5) is 26.0. The first kappa shape index (κ1) is 15.3. The molecule has 6 nitrogen and oxygen atoms in total. The van der Waals surface area contributed by atoms with Crippen LogP contribution in [0.25, 0.3) is 0 Å². The first-order valence-corrected chi connectivity index (χ1v) is 7.61. The van der Waals surface area contributed by atoms with Gasteiger partial charge in [-0.25, -0.2) is 4.79 Å². The molecule has 0 aromatic carbocycles. The summed E-state index contributed by atoms with van der Waals surface area (Å²) in [5, 5.41) is 12.6. The number of nitrogens with one attached hydrogen (secondary N) is 1. The number of likely N-dealkylation sites (tertiary alicyclic amines) is 1. The van der Waals surface area contributed by atoms with Crippen LogP contribution in [-0.2, 0) is 4.79 Å². The topological polar surface area (TPSA) is 99.2 Å². The van der Waals surface area contributed by atoms with E-state index in [4.69, 9.17) is 5.73 Å². The molecule has 1 aliphatic heterocycles. The highest BCUT2D eigenvalue weighted by Gasteiger charge is 2.26. The number of thiophene rings is 1. The SMILES string of the molecule is Cc1sc(NC(=O)N2CCC(C(N)=O)CC2)c(C#N)c1C. The molecule has 7 heteroatoms. The molecule has 3 amide bonds. The van der Waals surface area contributed by atoms with Crippen molar-refractivity contribution in [1.29, 1.82) is 5.26 Å². The summed E-state index contributed by atoms with van der Waals surface area (Å²) in [6.45, 7) is 4.81. The van der Waals surface area contributed by atoms with E-state index in [1.165, 1.54) is 11.3 Å². The lowest BCUT2D eigenvalue weighted by Crippen LogP contribution is -2.43. The number of nitrogens with zero attached hydrogens (tertiary/aromatic N) is 2. The molecule has 0 bridgehead atoms. The zero-order chi connectivity index (χ0) is 15.6. The second kappa shape index (κ2) is 6.14. The number of urea groups is 1. The van der Waals surface area contributed by atoms with Crippen molar-refractivity contribution in [2.45, 2.75) is 26.7 Å². The Hall–Kier alpha value is -2.07. The van der Waals surface area contributed by atoms with E-state index in [0.717, 1.165) is 10.4 Å². The normalized spacial score (nSPS) is 15.6. The summed E-state index contributed by atoms with van der Waals surface area (Å²) in [6, 6.07) is 1.90. The summed E-state index contributed by atoms with van der Waals surface area (Å²) >= 11 is 1.41. The number of aryl methyl sites for hydroxylation is 1. The zero-order valence-corrected chi connectivity index (χ0v) is 12.9. The second-order valence-electron chi connectivity index (χ2n) is 5.19. The lowest BCUT2D eigenvalue weighted by molar-refractivity contribution is -0.122. The molecule has 0 saturated carbocycles. The lowest BCUT2D eigenvalue weighted by atomic mass is 9.96. The summed E-state index contributed by atoms with van der Waals surface area (Å²) < 4.78 is 0. The molecule has 0 radical (unpaired) electrons. The van der Waals surface area contributed by atoms with E-state index in [9.17, 15) is 14.9 Å². The molecule has 2 rings (SSSR count). The number of nitrogens with two attached hydrogens (primary N) is 1. The molecule has 0 unspecified atom stereocenters. The number of carbonyl (C=O) groups is 2. The monoisotopic (exact) mass is 306 g/mol. The largest absolute Gasteiger partial charge is 0.369 e. The molecule has 1 aromatic heterocycles. The summed E-state index contributed by atoms with van der Waals surface area (Å²) in [5.41, 5.74) is 6.71. The molecular formula is C14H18N4O2S. The van der Waals surface area contributed by atoms with E-state index in [-0.39, 0.29) is 17.9 Å². The van der Waals surface area contributed by atoms with Gasteiger partial charge in [0.25, 0.3) is 0 Å². The highest BCUT2D eigenvalue weighted by molar-refractivity contribution is 7.16. The molecule has 0 aliphatic carbocycles. The quantitative estimate of drug-likeness (QED) is 0.873. The van der Waals surface area contributed by atoms with Crippen molar-refractivity contribution in [2.24, 2.45) is 11.7 Å². The van der Waals surface area contributed by atoms with Gasteiger partial charge in [0, 0.05) is 23.9 Å². The van der Waals surface area contributed by atoms with Gasteiger partial charge in [0.15, 0.2) is 0 Å². The first-order valence-electron chi connectivity index (χ1n) is 6.79. The highest BCUT2D eigenvalue weighted by Crippen LogP contribution is 2.32. The van der Waals surface area contributed by atoms with Crippen LogP contribution in [0.2, 0.25) is 0 Å². The van der Waals surface area contributed by atoms with Gasteiger partial charge in [-0.3, -0.25) is 10.1 Å². The van der Waals surface area contributed by atoms with E-state index >= 15 is 0 Å². The number of rotatable bonds is 2. The fourth-order valence-corrected chi connectivity index (χ4v) is 3.39. The van der Waals surface area contributed by atoms with E-state index in [0.29, 0.717) is 36.5 Å². The van der Waals surface area contributed by atoms with Crippen LogP contribution in [0.15, 0.2) is 0 Å². The number of piperidine rings is 1. The fourth-order valence-electron chi connectivity index (χ4n) is 2.39. The van der Waals surface area contributed by atoms with Gasteiger partial charge in [-0.2, -0.15) is 5.26 Å². The third-order valence-electron chi connectivity index (χ3n) is 3.90. The van der Waals surface area contributed by atoms with Crippen molar-refractivity contribution in [3.05, 3.63) is 16.0 Å².